The summed E-state index contributed by atoms with van der Waals surface area (Å²) in [5.74, 6) is -1.13. The van der Waals surface area contributed by atoms with E-state index >= 15 is 0 Å². The Bertz CT molecular complexity index is 676. The molecule has 1 aromatic carbocycles. The van der Waals surface area contributed by atoms with Crippen LogP contribution in [0.25, 0.3) is 0 Å². The number of unbranched alkanes of at least 4 members (excludes halogenated alkanes) is 2. The quantitative estimate of drug-likeness (QED) is 0.741. The summed E-state index contributed by atoms with van der Waals surface area (Å²) in [5.41, 5.74) is 0.244. The maximum absolute atomic E-state index is 13.4. The Morgan fingerprint density at radius 3 is 2.83 bits per heavy atom. The van der Waals surface area contributed by atoms with Crippen molar-refractivity contribution in [1.29, 1.82) is 0 Å². The Morgan fingerprint density at radius 2 is 2.17 bits per heavy atom. The highest BCUT2D eigenvalue weighted by atomic mass is 32.1. The Morgan fingerprint density at radius 1 is 1.33 bits per heavy atom. The molecule has 1 aromatic heterocycles. The molecule has 0 aliphatic carbocycles. The van der Waals surface area contributed by atoms with Crippen LogP contribution in [0.1, 0.15) is 36.5 Å². The van der Waals surface area contributed by atoms with E-state index in [0.717, 1.165) is 19.3 Å². The van der Waals surface area contributed by atoms with E-state index in [-0.39, 0.29) is 23.9 Å². The number of hydrogen-bond donors (Lipinski definition) is 1. The third-order valence-corrected chi connectivity index (χ3v) is 4.09. The van der Waals surface area contributed by atoms with Crippen LogP contribution in [0.5, 0.6) is 0 Å². The molecule has 0 saturated heterocycles. The van der Waals surface area contributed by atoms with E-state index in [4.69, 9.17) is 0 Å². The van der Waals surface area contributed by atoms with E-state index in [0.29, 0.717) is 11.7 Å². The van der Waals surface area contributed by atoms with E-state index in [1.165, 1.54) is 34.4 Å². The number of thiazole rings is 1. The third-order valence-electron chi connectivity index (χ3n) is 3.40. The molecule has 2 rings (SSSR count). The van der Waals surface area contributed by atoms with Gasteiger partial charge in [0.15, 0.2) is 5.13 Å². The smallest absolute Gasteiger partial charge is 0.254 e. The third kappa shape index (κ3) is 5.42. The van der Waals surface area contributed by atoms with Gasteiger partial charge in [0.1, 0.15) is 12.4 Å². The Hall–Kier alpha value is -2.28. The van der Waals surface area contributed by atoms with Crippen molar-refractivity contribution in [2.24, 2.45) is 0 Å². The fraction of sp³-hybridized carbons (Fsp3) is 0.353. The molecule has 0 unspecified atom stereocenters. The first kappa shape index (κ1) is 18.1. The summed E-state index contributed by atoms with van der Waals surface area (Å²) < 4.78 is 13.4. The number of benzene rings is 1. The predicted molar refractivity (Wildman–Crippen MR) is 92.6 cm³/mol. The molecule has 128 valence electrons. The lowest BCUT2D eigenvalue weighted by Gasteiger charge is -2.22. The van der Waals surface area contributed by atoms with Crippen LogP contribution >= 0.6 is 11.3 Å². The molecule has 0 radical (unpaired) electrons. The van der Waals surface area contributed by atoms with Crippen molar-refractivity contribution in [3.8, 4) is 0 Å². The molecule has 2 amide bonds. The summed E-state index contributed by atoms with van der Waals surface area (Å²) in [7, 11) is 0. The van der Waals surface area contributed by atoms with E-state index in [1.54, 1.807) is 17.6 Å². The summed E-state index contributed by atoms with van der Waals surface area (Å²) in [5, 5.41) is 4.91. The lowest BCUT2D eigenvalue weighted by atomic mass is 10.1. The number of aromatic nitrogens is 1. The standard InChI is InChI=1S/C17H20FN3O2S/c1-2-3-4-9-21(12-15(22)20-17-19-8-10-24-17)16(23)13-6-5-7-14(18)11-13/h5-8,10-11H,2-4,9,12H2,1H3,(H,19,20,22). The van der Waals surface area contributed by atoms with Crippen LogP contribution < -0.4 is 5.32 Å². The van der Waals surface area contributed by atoms with E-state index in [1.807, 2.05) is 0 Å². The number of hydrogen-bond acceptors (Lipinski definition) is 4. The van der Waals surface area contributed by atoms with E-state index in [2.05, 4.69) is 17.2 Å². The first-order valence-corrected chi connectivity index (χ1v) is 8.72. The Labute approximate surface area is 144 Å². The Kier molecular flexibility index (Phi) is 6.87. The molecular weight excluding hydrogens is 329 g/mol. The zero-order valence-corrected chi connectivity index (χ0v) is 14.3. The fourth-order valence-corrected chi connectivity index (χ4v) is 2.77. The molecule has 0 spiro atoms. The zero-order chi connectivity index (χ0) is 17.4. The molecular formula is C17H20FN3O2S. The minimum absolute atomic E-state index is 0.0847. The van der Waals surface area contributed by atoms with Crippen molar-refractivity contribution in [2.75, 3.05) is 18.4 Å². The van der Waals surface area contributed by atoms with Gasteiger partial charge in [-0.2, -0.15) is 0 Å². The number of carbonyl (C=O) groups excluding carboxylic acids is 2. The number of nitrogens with zero attached hydrogens (tertiary/aromatic N) is 2. The van der Waals surface area contributed by atoms with Crippen molar-refractivity contribution in [2.45, 2.75) is 26.2 Å². The average Bonchev–Trinajstić information content (AvgIpc) is 3.06. The molecule has 0 aliphatic heterocycles. The zero-order valence-electron chi connectivity index (χ0n) is 13.5. The first-order chi connectivity index (χ1) is 11.6. The normalized spacial score (nSPS) is 10.4. The minimum Gasteiger partial charge on any atom is -0.329 e. The van der Waals surface area contributed by atoms with Gasteiger partial charge in [-0.1, -0.05) is 25.8 Å². The van der Waals surface area contributed by atoms with Crippen LogP contribution in [-0.2, 0) is 4.79 Å². The van der Waals surface area contributed by atoms with E-state index < -0.39 is 5.82 Å². The van der Waals surface area contributed by atoms with Crippen molar-refractivity contribution < 1.29 is 14.0 Å². The SMILES string of the molecule is CCCCCN(CC(=O)Nc1nccs1)C(=O)c1cccc(F)c1. The molecule has 0 saturated carbocycles. The molecule has 1 N–H and O–H groups in total. The summed E-state index contributed by atoms with van der Waals surface area (Å²) in [6.45, 7) is 2.43. The van der Waals surface area contributed by atoms with Gasteiger partial charge < -0.3 is 10.2 Å². The number of carbonyl (C=O) groups is 2. The molecule has 0 fully saturated rings. The molecule has 1 heterocycles. The molecule has 0 atom stereocenters. The average molecular weight is 349 g/mol. The monoisotopic (exact) mass is 349 g/mol. The molecule has 5 nitrogen and oxygen atoms in total. The lowest BCUT2D eigenvalue weighted by Crippen LogP contribution is -2.38. The molecule has 2 aromatic rings. The number of amides is 2. The largest absolute Gasteiger partial charge is 0.329 e. The van der Waals surface area contributed by atoms with Crippen LogP contribution in [0.2, 0.25) is 0 Å². The summed E-state index contributed by atoms with van der Waals surface area (Å²) >= 11 is 1.31. The van der Waals surface area contributed by atoms with Crippen LogP contribution in [0.15, 0.2) is 35.8 Å². The van der Waals surface area contributed by atoms with Crippen molar-refractivity contribution in [3.63, 3.8) is 0 Å². The number of anilines is 1. The van der Waals surface area contributed by atoms with Gasteiger partial charge in [-0.25, -0.2) is 9.37 Å². The Balaban J connectivity index is 2.05. The highest BCUT2D eigenvalue weighted by Crippen LogP contribution is 2.12. The van der Waals surface area contributed by atoms with E-state index in [9.17, 15) is 14.0 Å². The van der Waals surface area contributed by atoms with Gasteiger partial charge in [-0.15, -0.1) is 11.3 Å². The lowest BCUT2D eigenvalue weighted by molar-refractivity contribution is -0.116. The van der Waals surface area contributed by atoms with Gasteiger partial charge >= 0.3 is 0 Å². The number of halogens is 1. The fourth-order valence-electron chi connectivity index (χ4n) is 2.23. The first-order valence-electron chi connectivity index (χ1n) is 7.84. The van der Waals surface area contributed by atoms with Crippen LogP contribution in [0.4, 0.5) is 9.52 Å². The summed E-state index contributed by atoms with van der Waals surface area (Å²) in [4.78, 5) is 30.2. The highest BCUT2D eigenvalue weighted by Gasteiger charge is 2.19. The molecule has 0 bridgehead atoms. The van der Waals surface area contributed by atoms with Crippen molar-refractivity contribution in [1.82, 2.24) is 9.88 Å². The molecule has 24 heavy (non-hydrogen) atoms. The second-order valence-electron chi connectivity index (χ2n) is 5.33. The maximum atomic E-state index is 13.4. The van der Waals surface area contributed by atoms with Gasteiger partial charge in [0.25, 0.3) is 5.91 Å². The van der Waals surface area contributed by atoms with Crippen molar-refractivity contribution >= 4 is 28.3 Å². The second kappa shape index (κ2) is 9.12. The second-order valence-corrected chi connectivity index (χ2v) is 6.22. The molecule has 7 heteroatoms. The molecule has 0 aliphatic rings. The van der Waals surface area contributed by atoms with Gasteiger partial charge in [0.05, 0.1) is 0 Å². The van der Waals surface area contributed by atoms with Crippen LogP contribution in [0.3, 0.4) is 0 Å². The number of rotatable bonds is 8. The van der Waals surface area contributed by atoms with Crippen molar-refractivity contribution in [3.05, 3.63) is 47.2 Å². The van der Waals surface area contributed by atoms with Gasteiger partial charge in [-0.3, -0.25) is 9.59 Å². The van der Waals surface area contributed by atoms with Gasteiger partial charge in [0.2, 0.25) is 5.91 Å². The topological polar surface area (TPSA) is 62.3 Å². The van der Waals surface area contributed by atoms with Crippen LogP contribution in [0, 0.1) is 5.82 Å². The highest BCUT2D eigenvalue weighted by molar-refractivity contribution is 7.13. The minimum atomic E-state index is -0.471. The summed E-state index contributed by atoms with van der Waals surface area (Å²) in [6, 6.07) is 5.51. The maximum Gasteiger partial charge on any atom is 0.254 e. The predicted octanol–water partition coefficient (Wildman–Crippen LogP) is 3.55. The van der Waals surface area contributed by atoms with Crippen LogP contribution in [-0.4, -0.2) is 34.8 Å². The number of nitrogens with one attached hydrogen (secondary N) is 1. The van der Waals surface area contributed by atoms with Gasteiger partial charge in [0, 0.05) is 23.7 Å². The van der Waals surface area contributed by atoms with Gasteiger partial charge in [-0.05, 0) is 24.6 Å². The summed E-state index contributed by atoms with van der Waals surface area (Å²) in [6.07, 6.45) is 4.35.